The van der Waals surface area contributed by atoms with Crippen LogP contribution in [-0.2, 0) is 0 Å². The topological polar surface area (TPSA) is 90.1 Å². The van der Waals surface area contributed by atoms with Gasteiger partial charge in [0.1, 0.15) is 6.10 Å². The number of pyridine rings is 2. The summed E-state index contributed by atoms with van der Waals surface area (Å²) in [6.07, 6.45) is 4.88. The van der Waals surface area contributed by atoms with Gasteiger partial charge in [-0.2, -0.15) is 0 Å². The van der Waals surface area contributed by atoms with Gasteiger partial charge >= 0.3 is 0 Å². The van der Waals surface area contributed by atoms with E-state index in [9.17, 15) is 4.79 Å². The van der Waals surface area contributed by atoms with Crippen molar-refractivity contribution in [2.24, 2.45) is 0 Å². The molecule has 4 rings (SSSR count). The van der Waals surface area contributed by atoms with Gasteiger partial charge in [0.25, 0.3) is 5.91 Å². The number of hydrogen-bond acceptors (Lipinski definition) is 5. The number of aromatic nitrogens is 2. The Balaban J connectivity index is 1.51. The molecular formula is C26H24N4O2. The first-order valence-corrected chi connectivity index (χ1v) is 10.3. The van der Waals surface area contributed by atoms with E-state index >= 15 is 0 Å². The molecule has 0 spiro atoms. The van der Waals surface area contributed by atoms with E-state index < -0.39 is 0 Å². The summed E-state index contributed by atoms with van der Waals surface area (Å²) in [5, 5.41) is 2.95. The fraction of sp³-hybridized carbons (Fsp3) is 0.115. The van der Waals surface area contributed by atoms with E-state index in [2.05, 4.69) is 15.3 Å². The Morgan fingerprint density at radius 2 is 1.84 bits per heavy atom. The molecule has 0 aliphatic heterocycles. The summed E-state index contributed by atoms with van der Waals surface area (Å²) >= 11 is 0. The molecule has 6 nitrogen and oxygen atoms in total. The molecule has 3 N–H and O–H groups in total. The first kappa shape index (κ1) is 21.1. The van der Waals surface area contributed by atoms with Gasteiger partial charge in [0.15, 0.2) is 11.6 Å². The van der Waals surface area contributed by atoms with Crippen LogP contribution in [0.5, 0.6) is 5.75 Å². The van der Waals surface area contributed by atoms with E-state index in [-0.39, 0.29) is 12.0 Å². The Bertz CT molecular complexity index is 1240. The molecule has 0 saturated carbocycles. The third-order valence-electron chi connectivity index (χ3n) is 5.07. The van der Waals surface area contributed by atoms with Crippen LogP contribution < -0.4 is 15.8 Å². The normalized spacial score (nSPS) is 11.6. The highest BCUT2D eigenvalue weighted by Crippen LogP contribution is 2.31. The predicted molar refractivity (Wildman–Crippen MR) is 126 cm³/mol. The van der Waals surface area contributed by atoms with Crippen LogP contribution in [0.1, 0.15) is 34.5 Å². The average molecular weight is 425 g/mol. The van der Waals surface area contributed by atoms with Crippen molar-refractivity contribution in [3.8, 4) is 16.9 Å². The molecular weight excluding hydrogens is 400 g/mol. The molecule has 0 aliphatic carbocycles. The second-order valence-corrected chi connectivity index (χ2v) is 7.56. The minimum Gasteiger partial charge on any atom is -0.482 e. The molecule has 1 atom stereocenters. The van der Waals surface area contributed by atoms with Crippen LogP contribution in [0.4, 0.5) is 11.5 Å². The summed E-state index contributed by atoms with van der Waals surface area (Å²) in [5.41, 5.74) is 11.1. The van der Waals surface area contributed by atoms with Gasteiger partial charge in [-0.1, -0.05) is 35.9 Å². The number of carbonyl (C=O) groups excluding carboxylic acids is 1. The van der Waals surface area contributed by atoms with Gasteiger partial charge in [-0.25, -0.2) is 4.98 Å². The van der Waals surface area contributed by atoms with Crippen molar-refractivity contribution in [1.29, 1.82) is 0 Å². The van der Waals surface area contributed by atoms with Crippen LogP contribution in [0, 0.1) is 6.92 Å². The molecule has 4 aromatic rings. The Morgan fingerprint density at radius 1 is 1.00 bits per heavy atom. The summed E-state index contributed by atoms with van der Waals surface area (Å²) in [5.74, 6) is 0.651. The summed E-state index contributed by atoms with van der Waals surface area (Å²) in [4.78, 5) is 21.0. The van der Waals surface area contributed by atoms with Crippen molar-refractivity contribution < 1.29 is 9.53 Å². The lowest BCUT2D eigenvalue weighted by molar-refractivity contribution is 0.102. The molecule has 2 aromatic heterocycles. The molecule has 32 heavy (non-hydrogen) atoms. The van der Waals surface area contributed by atoms with E-state index in [4.69, 9.17) is 10.5 Å². The van der Waals surface area contributed by atoms with Gasteiger partial charge in [-0.3, -0.25) is 9.78 Å². The number of nitrogen functional groups attached to an aromatic ring is 1. The Morgan fingerprint density at radius 3 is 2.62 bits per heavy atom. The fourth-order valence-electron chi connectivity index (χ4n) is 3.36. The molecule has 0 fully saturated rings. The zero-order chi connectivity index (χ0) is 22.5. The molecule has 0 bridgehead atoms. The highest BCUT2D eigenvalue weighted by atomic mass is 16.5. The Hall–Kier alpha value is -4.19. The number of ether oxygens (including phenoxy) is 1. The predicted octanol–water partition coefficient (Wildman–Crippen LogP) is 5.43. The number of nitrogens with one attached hydrogen (secondary N) is 1. The van der Waals surface area contributed by atoms with Gasteiger partial charge in [0.05, 0.1) is 0 Å². The maximum Gasteiger partial charge on any atom is 0.255 e. The highest BCUT2D eigenvalue weighted by Gasteiger charge is 2.13. The van der Waals surface area contributed by atoms with Gasteiger partial charge in [0.2, 0.25) is 0 Å². The van der Waals surface area contributed by atoms with Crippen molar-refractivity contribution in [1.82, 2.24) is 9.97 Å². The van der Waals surface area contributed by atoms with Crippen LogP contribution in [0.2, 0.25) is 0 Å². The molecule has 0 radical (unpaired) electrons. The number of rotatable bonds is 6. The number of benzene rings is 2. The molecule has 1 unspecified atom stereocenters. The zero-order valence-electron chi connectivity index (χ0n) is 17.9. The molecule has 2 aromatic carbocycles. The van der Waals surface area contributed by atoms with Crippen molar-refractivity contribution in [3.05, 3.63) is 102 Å². The van der Waals surface area contributed by atoms with Gasteiger partial charge in [0, 0.05) is 41.0 Å². The quantitative estimate of drug-likeness (QED) is 0.431. The van der Waals surface area contributed by atoms with Crippen molar-refractivity contribution >= 4 is 17.4 Å². The van der Waals surface area contributed by atoms with Crippen LogP contribution in [0.25, 0.3) is 11.1 Å². The zero-order valence-corrected chi connectivity index (χ0v) is 17.9. The first-order chi connectivity index (χ1) is 15.5. The third kappa shape index (κ3) is 4.92. The summed E-state index contributed by atoms with van der Waals surface area (Å²) in [6.45, 7) is 3.89. The van der Waals surface area contributed by atoms with Crippen LogP contribution >= 0.6 is 0 Å². The van der Waals surface area contributed by atoms with E-state index in [0.29, 0.717) is 22.8 Å². The lowest BCUT2D eigenvalue weighted by Gasteiger charge is -2.18. The van der Waals surface area contributed by atoms with Crippen LogP contribution in [0.3, 0.4) is 0 Å². The molecule has 1 amide bonds. The molecule has 160 valence electrons. The fourth-order valence-corrected chi connectivity index (χ4v) is 3.36. The number of anilines is 2. The maximum atomic E-state index is 12.6. The second-order valence-electron chi connectivity index (χ2n) is 7.56. The Kier molecular flexibility index (Phi) is 6.12. The molecule has 6 heteroatoms. The maximum absolute atomic E-state index is 12.6. The number of amides is 1. The van der Waals surface area contributed by atoms with Crippen molar-refractivity contribution in [2.75, 3.05) is 11.1 Å². The van der Waals surface area contributed by atoms with Crippen molar-refractivity contribution in [2.45, 2.75) is 20.0 Å². The van der Waals surface area contributed by atoms with E-state index in [1.165, 1.54) is 0 Å². The monoisotopic (exact) mass is 424 g/mol. The van der Waals surface area contributed by atoms with Gasteiger partial charge < -0.3 is 15.8 Å². The molecule has 2 heterocycles. The largest absolute Gasteiger partial charge is 0.482 e. The van der Waals surface area contributed by atoms with Crippen LogP contribution in [-0.4, -0.2) is 15.9 Å². The third-order valence-corrected chi connectivity index (χ3v) is 5.07. The number of aryl methyl sites for hydroxylation is 1. The summed E-state index contributed by atoms with van der Waals surface area (Å²) < 4.78 is 6.13. The molecule has 0 saturated heterocycles. The second kappa shape index (κ2) is 9.31. The Labute approximate surface area is 187 Å². The summed E-state index contributed by atoms with van der Waals surface area (Å²) in [6, 6.07) is 20.7. The van der Waals surface area contributed by atoms with Crippen LogP contribution in [0.15, 0.2) is 85.3 Å². The lowest BCUT2D eigenvalue weighted by Crippen LogP contribution is -2.12. The molecule has 0 aliphatic rings. The first-order valence-electron chi connectivity index (χ1n) is 10.3. The smallest absolute Gasteiger partial charge is 0.255 e. The number of carbonyl (C=O) groups is 1. The van der Waals surface area contributed by atoms with Crippen molar-refractivity contribution in [3.63, 3.8) is 0 Å². The van der Waals surface area contributed by atoms with E-state index in [1.807, 2.05) is 74.5 Å². The lowest BCUT2D eigenvalue weighted by atomic mass is 10.1. The van der Waals surface area contributed by atoms with E-state index in [0.717, 1.165) is 22.3 Å². The average Bonchev–Trinajstić information content (AvgIpc) is 2.81. The van der Waals surface area contributed by atoms with Gasteiger partial charge in [-0.05, 0) is 55.8 Å². The minimum absolute atomic E-state index is 0.156. The minimum atomic E-state index is -0.306. The number of nitrogens with zero attached hydrogens (tertiary/aromatic N) is 2. The number of nitrogens with two attached hydrogens (primary N) is 1. The van der Waals surface area contributed by atoms with Gasteiger partial charge in [-0.15, -0.1) is 0 Å². The summed E-state index contributed by atoms with van der Waals surface area (Å²) in [7, 11) is 0. The SMILES string of the molecule is Cc1cccc(C(=O)Nc2cccc(C(C)Oc3cc(-c4cccnc4)cnc3N)c2)c1. The highest BCUT2D eigenvalue weighted by molar-refractivity contribution is 6.04. The van der Waals surface area contributed by atoms with E-state index in [1.54, 1.807) is 24.7 Å². The standard InChI is InChI=1S/C26H24N4O2/c1-17-6-3-8-20(12-17)26(31)30-23-10-4-7-19(13-23)18(2)32-24-14-22(16-29-25(24)27)21-9-5-11-28-15-21/h3-16,18H,1-2H3,(H2,27,29)(H,30,31). The number of hydrogen-bond donors (Lipinski definition) is 2.